The van der Waals surface area contributed by atoms with Crippen molar-refractivity contribution in [2.75, 3.05) is 0 Å². The van der Waals surface area contributed by atoms with Crippen molar-refractivity contribution in [1.82, 2.24) is 5.32 Å². The Bertz CT molecular complexity index is 418. The molecular weight excluding hydrogens is 214 g/mol. The van der Waals surface area contributed by atoms with E-state index in [9.17, 15) is 9.90 Å². The van der Waals surface area contributed by atoms with Crippen LogP contribution < -0.4 is 5.32 Å². The summed E-state index contributed by atoms with van der Waals surface area (Å²) in [6.07, 6.45) is 5.78. The van der Waals surface area contributed by atoms with Crippen LogP contribution in [0.2, 0.25) is 0 Å². The molecule has 0 radical (unpaired) electrons. The standard InChI is InChI=1S/C14H17NO2/c16-10-13-8-4-3-7-12(13)9-15-14(17)11-5-1-2-6-11/h1-4,7-8,11,16H,5-6,9-10H2,(H,15,17). The number of nitrogens with one attached hydrogen (secondary N) is 1. The zero-order chi connectivity index (χ0) is 12.1. The molecule has 2 N–H and O–H groups in total. The van der Waals surface area contributed by atoms with Crippen molar-refractivity contribution in [1.29, 1.82) is 0 Å². The van der Waals surface area contributed by atoms with E-state index in [2.05, 4.69) is 5.32 Å². The normalized spacial score (nSPS) is 15.1. The number of aliphatic hydroxyl groups is 1. The molecule has 3 heteroatoms. The molecule has 0 unspecified atom stereocenters. The smallest absolute Gasteiger partial charge is 0.224 e. The Labute approximate surface area is 101 Å². The summed E-state index contributed by atoms with van der Waals surface area (Å²) in [5.41, 5.74) is 1.85. The molecule has 0 aliphatic heterocycles. The van der Waals surface area contributed by atoms with Crippen LogP contribution in [0.3, 0.4) is 0 Å². The minimum atomic E-state index is 0.0109. The molecule has 3 nitrogen and oxygen atoms in total. The Kier molecular flexibility index (Phi) is 3.94. The first kappa shape index (κ1) is 11.9. The third kappa shape index (κ3) is 2.94. The lowest BCUT2D eigenvalue weighted by molar-refractivity contribution is -0.124. The van der Waals surface area contributed by atoms with Gasteiger partial charge in [0.1, 0.15) is 0 Å². The predicted molar refractivity (Wildman–Crippen MR) is 66.1 cm³/mol. The summed E-state index contributed by atoms with van der Waals surface area (Å²) in [6, 6.07) is 7.60. The molecule has 0 aromatic heterocycles. The average Bonchev–Trinajstić information content (AvgIpc) is 2.90. The van der Waals surface area contributed by atoms with E-state index in [4.69, 9.17) is 0 Å². The molecule has 1 aromatic carbocycles. The van der Waals surface area contributed by atoms with E-state index in [0.717, 1.165) is 24.0 Å². The SMILES string of the molecule is O=C(NCc1ccccc1CO)C1CC=CC1. The fourth-order valence-electron chi connectivity index (χ4n) is 2.04. The molecule has 17 heavy (non-hydrogen) atoms. The maximum Gasteiger partial charge on any atom is 0.224 e. The van der Waals surface area contributed by atoms with Crippen LogP contribution >= 0.6 is 0 Å². The summed E-state index contributed by atoms with van der Waals surface area (Å²) in [5, 5.41) is 12.1. The van der Waals surface area contributed by atoms with Crippen molar-refractivity contribution in [2.24, 2.45) is 5.92 Å². The fraction of sp³-hybridized carbons (Fsp3) is 0.357. The first-order valence-corrected chi connectivity index (χ1v) is 5.91. The van der Waals surface area contributed by atoms with Gasteiger partial charge in [-0.05, 0) is 24.0 Å². The van der Waals surface area contributed by atoms with E-state index in [1.54, 1.807) is 0 Å². The zero-order valence-electron chi connectivity index (χ0n) is 9.73. The van der Waals surface area contributed by atoms with E-state index in [0.29, 0.717) is 6.54 Å². The average molecular weight is 231 g/mol. The highest BCUT2D eigenvalue weighted by Gasteiger charge is 2.18. The third-order valence-electron chi connectivity index (χ3n) is 3.12. The van der Waals surface area contributed by atoms with E-state index >= 15 is 0 Å². The van der Waals surface area contributed by atoms with Gasteiger partial charge in [-0.3, -0.25) is 4.79 Å². The van der Waals surface area contributed by atoms with Gasteiger partial charge in [0.2, 0.25) is 5.91 Å². The Balaban J connectivity index is 1.90. The van der Waals surface area contributed by atoms with Gasteiger partial charge in [-0.1, -0.05) is 36.4 Å². The van der Waals surface area contributed by atoms with Crippen LogP contribution in [0.15, 0.2) is 36.4 Å². The molecular formula is C14H17NO2. The molecule has 0 saturated carbocycles. The number of allylic oxidation sites excluding steroid dienone is 2. The molecule has 0 heterocycles. The number of benzene rings is 1. The fourth-order valence-corrected chi connectivity index (χ4v) is 2.04. The van der Waals surface area contributed by atoms with Gasteiger partial charge in [-0.2, -0.15) is 0 Å². The molecule has 2 rings (SSSR count). The number of carbonyl (C=O) groups excluding carboxylic acids is 1. The Hall–Kier alpha value is -1.61. The van der Waals surface area contributed by atoms with Gasteiger partial charge >= 0.3 is 0 Å². The van der Waals surface area contributed by atoms with Crippen LogP contribution in [0.5, 0.6) is 0 Å². The lowest BCUT2D eigenvalue weighted by Crippen LogP contribution is -2.29. The maximum absolute atomic E-state index is 11.8. The van der Waals surface area contributed by atoms with Crippen LogP contribution in [0.1, 0.15) is 24.0 Å². The topological polar surface area (TPSA) is 49.3 Å². The monoisotopic (exact) mass is 231 g/mol. The summed E-state index contributed by atoms with van der Waals surface area (Å²) >= 11 is 0. The minimum absolute atomic E-state index is 0.0109. The third-order valence-corrected chi connectivity index (χ3v) is 3.12. The van der Waals surface area contributed by atoms with Crippen molar-refractivity contribution < 1.29 is 9.90 Å². The lowest BCUT2D eigenvalue weighted by atomic mass is 10.1. The number of amides is 1. The van der Waals surface area contributed by atoms with Crippen LogP contribution in [-0.4, -0.2) is 11.0 Å². The molecule has 0 spiro atoms. The molecule has 0 saturated heterocycles. The largest absolute Gasteiger partial charge is 0.392 e. The first-order chi connectivity index (χ1) is 8.31. The maximum atomic E-state index is 11.8. The number of rotatable bonds is 4. The predicted octanol–water partition coefficient (Wildman–Crippen LogP) is 1.76. The first-order valence-electron chi connectivity index (χ1n) is 5.91. The van der Waals surface area contributed by atoms with Crippen molar-refractivity contribution >= 4 is 5.91 Å². The Morgan fingerprint density at radius 2 is 1.88 bits per heavy atom. The summed E-state index contributed by atoms with van der Waals surface area (Å²) in [6.45, 7) is 0.503. The van der Waals surface area contributed by atoms with E-state index in [1.807, 2.05) is 36.4 Å². The van der Waals surface area contributed by atoms with Crippen LogP contribution in [0.25, 0.3) is 0 Å². The second-order valence-electron chi connectivity index (χ2n) is 4.28. The van der Waals surface area contributed by atoms with Gasteiger partial charge in [0, 0.05) is 12.5 Å². The molecule has 1 aliphatic rings. The number of carbonyl (C=O) groups is 1. The van der Waals surface area contributed by atoms with Crippen molar-refractivity contribution in [3.05, 3.63) is 47.5 Å². The van der Waals surface area contributed by atoms with Gasteiger partial charge in [0.05, 0.1) is 6.61 Å². The van der Waals surface area contributed by atoms with E-state index < -0.39 is 0 Å². The highest BCUT2D eigenvalue weighted by Crippen LogP contribution is 2.18. The van der Waals surface area contributed by atoms with Gasteiger partial charge in [-0.25, -0.2) is 0 Å². The molecule has 1 aromatic rings. The molecule has 90 valence electrons. The van der Waals surface area contributed by atoms with Crippen LogP contribution in [0, 0.1) is 5.92 Å². The molecule has 0 atom stereocenters. The summed E-state index contributed by atoms with van der Waals surface area (Å²) < 4.78 is 0. The summed E-state index contributed by atoms with van der Waals surface area (Å²) in [4.78, 5) is 11.8. The number of hydrogen-bond acceptors (Lipinski definition) is 2. The van der Waals surface area contributed by atoms with Crippen molar-refractivity contribution in [2.45, 2.75) is 26.0 Å². The van der Waals surface area contributed by atoms with Gasteiger partial charge in [0.15, 0.2) is 0 Å². The van der Waals surface area contributed by atoms with Crippen molar-refractivity contribution in [3.63, 3.8) is 0 Å². The molecule has 0 fully saturated rings. The number of aliphatic hydroxyl groups excluding tert-OH is 1. The van der Waals surface area contributed by atoms with Crippen LogP contribution in [0.4, 0.5) is 0 Å². The Morgan fingerprint density at radius 3 is 2.53 bits per heavy atom. The number of hydrogen-bond donors (Lipinski definition) is 2. The highest BCUT2D eigenvalue weighted by molar-refractivity contribution is 5.79. The summed E-state index contributed by atoms with van der Waals surface area (Å²) in [5.74, 6) is 0.194. The van der Waals surface area contributed by atoms with Gasteiger partial charge in [0.25, 0.3) is 0 Å². The lowest BCUT2D eigenvalue weighted by Gasteiger charge is -2.12. The van der Waals surface area contributed by atoms with E-state index in [-0.39, 0.29) is 18.4 Å². The highest BCUT2D eigenvalue weighted by atomic mass is 16.3. The second-order valence-corrected chi connectivity index (χ2v) is 4.28. The van der Waals surface area contributed by atoms with Gasteiger partial charge in [-0.15, -0.1) is 0 Å². The second kappa shape index (κ2) is 5.64. The van der Waals surface area contributed by atoms with Crippen molar-refractivity contribution in [3.8, 4) is 0 Å². The molecule has 0 bridgehead atoms. The Morgan fingerprint density at radius 1 is 1.24 bits per heavy atom. The quantitative estimate of drug-likeness (QED) is 0.776. The van der Waals surface area contributed by atoms with Crippen LogP contribution in [-0.2, 0) is 17.9 Å². The van der Waals surface area contributed by atoms with Gasteiger partial charge < -0.3 is 10.4 Å². The molecule has 1 amide bonds. The van der Waals surface area contributed by atoms with E-state index in [1.165, 1.54) is 0 Å². The zero-order valence-corrected chi connectivity index (χ0v) is 9.73. The minimum Gasteiger partial charge on any atom is -0.392 e. The summed E-state index contributed by atoms with van der Waals surface area (Å²) in [7, 11) is 0. The molecule has 1 aliphatic carbocycles.